The fourth-order valence-electron chi connectivity index (χ4n) is 3.05. The van der Waals surface area contributed by atoms with Crippen molar-refractivity contribution in [2.75, 3.05) is 32.7 Å². The number of carbonyl (C=O) groups is 1. The fourth-order valence-corrected chi connectivity index (χ4v) is 3.05. The van der Waals surface area contributed by atoms with Gasteiger partial charge in [-0.25, -0.2) is 0 Å². The van der Waals surface area contributed by atoms with Gasteiger partial charge in [-0.15, -0.1) is 0 Å². The molecule has 2 fully saturated rings. The highest BCUT2D eigenvalue weighted by atomic mass is 16.1. The lowest BCUT2D eigenvalue weighted by molar-refractivity contribution is -0.126. The van der Waals surface area contributed by atoms with Gasteiger partial charge in [-0.05, 0) is 65.2 Å². The van der Waals surface area contributed by atoms with E-state index in [4.69, 9.17) is 0 Å². The van der Waals surface area contributed by atoms with E-state index in [9.17, 15) is 4.79 Å². The molecule has 2 heterocycles. The summed E-state index contributed by atoms with van der Waals surface area (Å²) in [6.07, 6.45) is 5.93. The van der Waals surface area contributed by atoms with Gasteiger partial charge in [0.25, 0.3) is 0 Å². The Balaban J connectivity index is 1.58. The average molecular weight is 253 g/mol. The Labute approximate surface area is 110 Å². The molecule has 0 bridgehead atoms. The zero-order chi connectivity index (χ0) is 12.8. The zero-order valence-electron chi connectivity index (χ0n) is 11.6. The first-order valence-corrected chi connectivity index (χ1v) is 7.51. The Morgan fingerprint density at radius 2 is 2.11 bits per heavy atom. The molecule has 0 radical (unpaired) electrons. The maximum atomic E-state index is 12.0. The minimum absolute atomic E-state index is 0.172. The van der Waals surface area contributed by atoms with E-state index in [0.717, 1.165) is 38.9 Å². The van der Waals surface area contributed by atoms with Crippen molar-refractivity contribution >= 4 is 5.91 Å². The number of rotatable bonds is 5. The van der Waals surface area contributed by atoms with Crippen molar-refractivity contribution in [2.24, 2.45) is 5.92 Å². The number of carbonyl (C=O) groups excluding carboxylic acids is 1. The number of nitrogens with one attached hydrogen (secondary N) is 2. The van der Waals surface area contributed by atoms with Crippen LogP contribution in [-0.4, -0.2) is 49.6 Å². The van der Waals surface area contributed by atoms with Gasteiger partial charge in [0.15, 0.2) is 0 Å². The molecule has 0 saturated carbocycles. The van der Waals surface area contributed by atoms with Crippen LogP contribution in [0.2, 0.25) is 0 Å². The lowest BCUT2D eigenvalue weighted by Crippen LogP contribution is -2.47. The molecule has 104 valence electrons. The first-order chi connectivity index (χ1) is 8.77. The first kappa shape index (κ1) is 13.8. The lowest BCUT2D eigenvalue weighted by Gasteiger charge is -2.29. The van der Waals surface area contributed by atoms with Crippen LogP contribution in [0.5, 0.6) is 0 Å². The fraction of sp³-hybridized carbons (Fsp3) is 0.929. The highest BCUT2D eigenvalue weighted by Crippen LogP contribution is 2.16. The van der Waals surface area contributed by atoms with Crippen LogP contribution < -0.4 is 10.6 Å². The van der Waals surface area contributed by atoms with Crippen molar-refractivity contribution in [2.45, 2.75) is 45.1 Å². The lowest BCUT2D eigenvalue weighted by atomic mass is 9.91. The molecule has 4 heteroatoms. The molecule has 2 aliphatic rings. The van der Waals surface area contributed by atoms with Crippen LogP contribution in [0.15, 0.2) is 0 Å². The van der Waals surface area contributed by atoms with Gasteiger partial charge >= 0.3 is 0 Å². The molecular weight excluding hydrogens is 226 g/mol. The normalized spacial score (nSPS) is 29.4. The third-order valence-corrected chi connectivity index (χ3v) is 4.25. The van der Waals surface area contributed by atoms with Gasteiger partial charge in [0, 0.05) is 12.6 Å². The predicted molar refractivity (Wildman–Crippen MR) is 73.5 cm³/mol. The molecule has 2 aliphatic heterocycles. The van der Waals surface area contributed by atoms with Crippen LogP contribution in [0, 0.1) is 5.92 Å². The summed E-state index contributed by atoms with van der Waals surface area (Å²) in [7, 11) is 0. The van der Waals surface area contributed by atoms with Crippen LogP contribution in [0.4, 0.5) is 0 Å². The van der Waals surface area contributed by atoms with Crippen LogP contribution >= 0.6 is 0 Å². The monoisotopic (exact) mass is 253 g/mol. The van der Waals surface area contributed by atoms with Gasteiger partial charge in [0.1, 0.15) is 0 Å². The van der Waals surface area contributed by atoms with E-state index in [1.54, 1.807) is 0 Å². The Bertz CT molecular complexity index is 264. The molecule has 2 saturated heterocycles. The zero-order valence-corrected chi connectivity index (χ0v) is 11.6. The second-order valence-corrected chi connectivity index (χ2v) is 5.68. The largest absolute Gasteiger partial charge is 0.356 e. The molecular formula is C14H27N3O. The minimum Gasteiger partial charge on any atom is -0.356 e. The van der Waals surface area contributed by atoms with Crippen LogP contribution in [0.1, 0.15) is 39.0 Å². The van der Waals surface area contributed by atoms with Gasteiger partial charge in [-0.1, -0.05) is 0 Å². The SMILES string of the molecule is CC1NCCCC1C(=O)NCCCN1CCCC1. The van der Waals surface area contributed by atoms with E-state index in [2.05, 4.69) is 22.5 Å². The predicted octanol–water partition coefficient (Wildman–Crippen LogP) is 0.977. The third kappa shape index (κ3) is 3.95. The second kappa shape index (κ2) is 7.10. The second-order valence-electron chi connectivity index (χ2n) is 5.68. The van der Waals surface area contributed by atoms with Gasteiger partial charge < -0.3 is 15.5 Å². The summed E-state index contributed by atoms with van der Waals surface area (Å²) >= 11 is 0. The van der Waals surface area contributed by atoms with E-state index >= 15 is 0 Å². The van der Waals surface area contributed by atoms with Gasteiger partial charge in [-0.3, -0.25) is 4.79 Å². The molecule has 2 atom stereocenters. The Morgan fingerprint density at radius 1 is 1.33 bits per heavy atom. The van der Waals surface area contributed by atoms with E-state index < -0.39 is 0 Å². The first-order valence-electron chi connectivity index (χ1n) is 7.51. The van der Waals surface area contributed by atoms with Crippen molar-refractivity contribution in [3.63, 3.8) is 0 Å². The Hall–Kier alpha value is -0.610. The molecule has 0 spiro atoms. The number of hydrogen-bond acceptors (Lipinski definition) is 3. The maximum absolute atomic E-state index is 12.0. The van der Waals surface area contributed by atoms with E-state index in [-0.39, 0.29) is 11.8 Å². The highest BCUT2D eigenvalue weighted by Gasteiger charge is 2.26. The smallest absolute Gasteiger partial charge is 0.224 e. The number of piperidine rings is 1. The van der Waals surface area contributed by atoms with Crippen LogP contribution in [-0.2, 0) is 4.79 Å². The summed E-state index contributed by atoms with van der Waals surface area (Å²) in [4.78, 5) is 14.5. The number of amides is 1. The van der Waals surface area contributed by atoms with Gasteiger partial charge in [0.05, 0.1) is 5.92 Å². The van der Waals surface area contributed by atoms with Crippen molar-refractivity contribution in [3.05, 3.63) is 0 Å². The van der Waals surface area contributed by atoms with E-state index in [1.807, 2.05) is 0 Å². The highest BCUT2D eigenvalue weighted by molar-refractivity contribution is 5.79. The summed E-state index contributed by atoms with van der Waals surface area (Å²) in [6.45, 7) is 7.64. The summed E-state index contributed by atoms with van der Waals surface area (Å²) in [5.41, 5.74) is 0. The van der Waals surface area contributed by atoms with E-state index in [1.165, 1.54) is 25.9 Å². The van der Waals surface area contributed by atoms with Crippen molar-refractivity contribution in [1.82, 2.24) is 15.5 Å². The third-order valence-electron chi connectivity index (χ3n) is 4.25. The molecule has 0 aromatic heterocycles. The molecule has 0 aromatic carbocycles. The standard InChI is InChI=1S/C14H27N3O/c1-12-13(6-4-7-15-12)14(18)16-8-5-11-17-9-2-3-10-17/h12-13,15H,2-11H2,1H3,(H,16,18). The minimum atomic E-state index is 0.172. The Morgan fingerprint density at radius 3 is 2.83 bits per heavy atom. The molecule has 2 rings (SSSR count). The molecule has 1 amide bonds. The average Bonchev–Trinajstić information content (AvgIpc) is 2.88. The number of likely N-dealkylation sites (tertiary alicyclic amines) is 1. The van der Waals surface area contributed by atoms with Crippen molar-refractivity contribution in [3.8, 4) is 0 Å². The molecule has 0 aliphatic carbocycles. The summed E-state index contributed by atoms with van der Waals surface area (Å²) in [6, 6.07) is 0.331. The molecule has 2 N–H and O–H groups in total. The van der Waals surface area contributed by atoms with Crippen LogP contribution in [0.25, 0.3) is 0 Å². The van der Waals surface area contributed by atoms with Crippen molar-refractivity contribution < 1.29 is 4.79 Å². The molecule has 18 heavy (non-hydrogen) atoms. The number of nitrogens with zero attached hydrogens (tertiary/aromatic N) is 1. The maximum Gasteiger partial charge on any atom is 0.224 e. The van der Waals surface area contributed by atoms with Gasteiger partial charge in [-0.2, -0.15) is 0 Å². The van der Waals surface area contributed by atoms with Crippen molar-refractivity contribution in [1.29, 1.82) is 0 Å². The summed E-state index contributed by atoms with van der Waals surface area (Å²) < 4.78 is 0. The summed E-state index contributed by atoms with van der Waals surface area (Å²) in [5.74, 6) is 0.418. The molecule has 4 nitrogen and oxygen atoms in total. The topological polar surface area (TPSA) is 44.4 Å². The summed E-state index contributed by atoms with van der Waals surface area (Å²) in [5, 5.41) is 6.48. The number of hydrogen-bond donors (Lipinski definition) is 2. The molecule has 0 aromatic rings. The van der Waals surface area contributed by atoms with Crippen LogP contribution in [0.3, 0.4) is 0 Å². The Kier molecular flexibility index (Phi) is 5.45. The molecule has 2 unspecified atom stereocenters. The van der Waals surface area contributed by atoms with E-state index in [0.29, 0.717) is 6.04 Å². The van der Waals surface area contributed by atoms with Gasteiger partial charge in [0.2, 0.25) is 5.91 Å². The quantitative estimate of drug-likeness (QED) is 0.718.